The molecule has 1 amide bonds. The van der Waals surface area contributed by atoms with Gasteiger partial charge >= 0.3 is 0 Å². The molecule has 0 saturated heterocycles. The Morgan fingerprint density at radius 3 is 2.26 bits per heavy atom. The Labute approximate surface area is 124 Å². The van der Waals surface area contributed by atoms with Crippen LogP contribution < -0.4 is 5.32 Å². The minimum Gasteiger partial charge on any atom is -0.347 e. The van der Waals surface area contributed by atoms with E-state index in [2.05, 4.69) is 26.1 Å². The van der Waals surface area contributed by atoms with Crippen molar-refractivity contribution in [2.24, 2.45) is 5.92 Å². The average Bonchev–Trinajstić information content (AvgIpc) is 2.43. The molecule has 0 bridgehead atoms. The summed E-state index contributed by atoms with van der Waals surface area (Å²) in [5.74, 6) is 1.62. The van der Waals surface area contributed by atoms with Gasteiger partial charge in [0.1, 0.15) is 0 Å². The monoisotopic (exact) mass is 287 g/mol. The molecule has 0 aliphatic rings. The Hall–Kier alpha value is -0.180. The van der Waals surface area contributed by atoms with Crippen LogP contribution in [0.2, 0.25) is 0 Å². The summed E-state index contributed by atoms with van der Waals surface area (Å²) in [4.78, 5) is 11.6. The maximum Gasteiger partial charge on any atom is 0.279 e. The summed E-state index contributed by atoms with van der Waals surface area (Å²) in [6, 6.07) is 0. The van der Waals surface area contributed by atoms with E-state index in [1.165, 1.54) is 63.1 Å². The average molecular weight is 288 g/mol. The van der Waals surface area contributed by atoms with Crippen LogP contribution in [-0.2, 0) is 0 Å². The first kappa shape index (κ1) is 18.8. The fourth-order valence-corrected chi connectivity index (χ4v) is 2.75. The van der Waals surface area contributed by atoms with Gasteiger partial charge in [-0.15, -0.1) is 0 Å². The number of hydrogen-bond acceptors (Lipinski definition) is 2. The van der Waals surface area contributed by atoms with Crippen molar-refractivity contribution in [1.29, 1.82) is 0 Å². The number of rotatable bonds is 12. The van der Waals surface area contributed by atoms with E-state index in [1.807, 2.05) is 0 Å². The molecule has 0 rings (SSSR count). The summed E-state index contributed by atoms with van der Waals surface area (Å²) < 4.78 is 0. The van der Waals surface area contributed by atoms with E-state index in [1.54, 1.807) is 0 Å². The zero-order valence-electron chi connectivity index (χ0n) is 13.2. The van der Waals surface area contributed by atoms with Crippen LogP contribution in [0.25, 0.3) is 0 Å². The van der Waals surface area contributed by atoms with Crippen LogP contribution in [0, 0.1) is 5.92 Å². The first-order valence-electron chi connectivity index (χ1n) is 8.15. The van der Waals surface area contributed by atoms with Gasteiger partial charge in [0.2, 0.25) is 0 Å². The standard InChI is InChI=1S/C16H33NOS/c1-4-7-9-10-12-15(11-8-5-2)14-17-16(18)19-13-6-3/h15H,4-14H2,1-3H3,(H,17,18). The van der Waals surface area contributed by atoms with E-state index in [-0.39, 0.29) is 5.24 Å². The van der Waals surface area contributed by atoms with Gasteiger partial charge < -0.3 is 5.32 Å². The van der Waals surface area contributed by atoms with Gasteiger partial charge in [-0.2, -0.15) is 0 Å². The molecular weight excluding hydrogens is 254 g/mol. The molecule has 0 spiro atoms. The molecule has 0 heterocycles. The van der Waals surface area contributed by atoms with Crippen molar-refractivity contribution in [2.45, 2.75) is 78.6 Å². The second-order valence-electron chi connectivity index (χ2n) is 5.37. The summed E-state index contributed by atoms with van der Waals surface area (Å²) >= 11 is 1.42. The van der Waals surface area contributed by atoms with Gasteiger partial charge in [-0.3, -0.25) is 4.79 Å². The topological polar surface area (TPSA) is 29.1 Å². The normalized spacial score (nSPS) is 12.4. The molecule has 1 atom stereocenters. The second-order valence-corrected chi connectivity index (χ2v) is 6.44. The summed E-state index contributed by atoms with van der Waals surface area (Å²) in [5.41, 5.74) is 0. The minimum atomic E-state index is 0.164. The molecule has 0 saturated carbocycles. The third-order valence-corrected chi connectivity index (χ3v) is 4.42. The molecule has 0 fully saturated rings. The first-order chi connectivity index (χ1) is 9.24. The third kappa shape index (κ3) is 12.6. The molecular formula is C16H33NOS. The summed E-state index contributed by atoms with van der Waals surface area (Å²) in [6.07, 6.45) is 11.5. The number of nitrogens with one attached hydrogen (secondary N) is 1. The molecule has 3 heteroatoms. The van der Waals surface area contributed by atoms with Crippen LogP contribution in [0.1, 0.15) is 78.6 Å². The van der Waals surface area contributed by atoms with Crippen molar-refractivity contribution in [3.63, 3.8) is 0 Å². The van der Waals surface area contributed by atoms with Crippen molar-refractivity contribution in [3.8, 4) is 0 Å². The first-order valence-corrected chi connectivity index (χ1v) is 9.13. The lowest BCUT2D eigenvalue weighted by Gasteiger charge is -2.17. The summed E-state index contributed by atoms with van der Waals surface area (Å²) in [5, 5.41) is 3.26. The van der Waals surface area contributed by atoms with Gasteiger partial charge in [0.15, 0.2) is 0 Å². The molecule has 0 aliphatic carbocycles. The zero-order chi connectivity index (χ0) is 14.3. The summed E-state index contributed by atoms with van der Waals surface area (Å²) in [7, 11) is 0. The van der Waals surface area contributed by atoms with Crippen molar-refractivity contribution in [2.75, 3.05) is 12.3 Å². The molecule has 1 unspecified atom stereocenters. The highest BCUT2D eigenvalue weighted by molar-refractivity contribution is 8.13. The van der Waals surface area contributed by atoms with Gasteiger partial charge in [0.05, 0.1) is 0 Å². The summed E-state index contributed by atoms with van der Waals surface area (Å²) in [6.45, 7) is 7.48. The minimum absolute atomic E-state index is 0.164. The van der Waals surface area contributed by atoms with Crippen molar-refractivity contribution in [3.05, 3.63) is 0 Å². The Morgan fingerprint density at radius 2 is 1.63 bits per heavy atom. The maximum absolute atomic E-state index is 11.6. The lowest BCUT2D eigenvalue weighted by atomic mass is 9.95. The van der Waals surface area contributed by atoms with Crippen LogP contribution in [-0.4, -0.2) is 17.5 Å². The molecule has 19 heavy (non-hydrogen) atoms. The molecule has 0 aliphatic heterocycles. The van der Waals surface area contributed by atoms with Gasteiger partial charge in [0, 0.05) is 12.3 Å². The number of thioether (sulfide) groups is 1. The van der Waals surface area contributed by atoms with Gasteiger partial charge in [-0.1, -0.05) is 71.1 Å². The van der Waals surface area contributed by atoms with Crippen LogP contribution in [0.3, 0.4) is 0 Å². The zero-order valence-corrected chi connectivity index (χ0v) is 14.0. The van der Waals surface area contributed by atoms with Crippen LogP contribution >= 0.6 is 11.8 Å². The SMILES string of the molecule is CCCCCCC(CCCC)CNC(=O)SCCC. The lowest BCUT2D eigenvalue weighted by molar-refractivity contribution is 0.257. The highest BCUT2D eigenvalue weighted by Gasteiger charge is 2.10. The fourth-order valence-electron chi connectivity index (χ4n) is 2.17. The number of carbonyl (C=O) groups is 1. The number of carbonyl (C=O) groups excluding carboxylic acids is 1. The highest BCUT2D eigenvalue weighted by Crippen LogP contribution is 2.17. The molecule has 0 aromatic carbocycles. The van der Waals surface area contributed by atoms with Crippen molar-refractivity contribution < 1.29 is 4.79 Å². The van der Waals surface area contributed by atoms with Gasteiger partial charge in [-0.25, -0.2) is 0 Å². The molecule has 0 aromatic heterocycles. The van der Waals surface area contributed by atoms with E-state index in [4.69, 9.17) is 0 Å². The molecule has 0 aromatic rings. The smallest absolute Gasteiger partial charge is 0.279 e. The van der Waals surface area contributed by atoms with E-state index < -0.39 is 0 Å². The van der Waals surface area contributed by atoms with Crippen LogP contribution in [0.5, 0.6) is 0 Å². The Balaban J connectivity index is 3.80. The number of unbranched alkanes of at least 4 members (excludes halogenated alkanes) is 4. The van der Waals surface area contributed by atoms with E-state index in [0.717, 1.165) is 18.7 Å². The van der Waals surface area contributed by atoms with E-state index in [9.17, 15) is 4.79 Å². The molecule has 0 radical (unpaired) electrons. The number of amides is 1. The Kier molecular flexibility index (Phi) is 14.1. The quantitative estimate of drug-likeness (QED) is 0.472. The van der Waals surface area contributed by atoms with E-state index >= 15 is 0 Å². The van der Waals surface area contributed by atoms with Gasteiger partial charge in [0.25, 0.3) is 5.24 Å². The van der Waals surface area contributed by atoms with Crippen LogP contribution in [0.15, 0.2) is 0 Å². The van der Waals surface area contributed by atoms with Gasteiger partial charge in [-0.05, 0) is 25.2 Å². The lowest BCUT2D eigenvalue weighted by Crippen LogP contribution is -2.26. The largest absolute Gasteiger partial charge is 0.347 e. The van der Waals surface area contributed by atoms with Crippen molar-refractivity contribution in [1.82, 2.24) is 5.32 Å². The second kappa shape index (κ2) is 14.2. The third-order valence-electron chi connectivity index (χ3n) is 3.40. The van der Waals surface area contributed by atoms with Crippen molar-refractivity contribution >= 4 is 17.0 Å². The van der Waals surface area contributed by atoms with E-state index in [0.29, 0.717) is 5.92 Å². The molecule has 1 N–H and O–H groups in total. The molecule has 114 valence electrons. The highest BCUT2D eigenvalue weighted by atomic mass is 32.2. The number of hydrogen-bond donors (Lipinski definition) is 1. The Morgan fingerprint density at radius 1 is 0.947 bits per heavy atom. The predicted molar refractivity (Wildman–Crippen MR) is 87.9 cm³/mol. The predicted octanol–water partition coefficient (Wildman–Crippen LogP) is 5.62. The maximum atomic E-state index is 11.6. The fraction of sp³-hybridized carbons (Fsp3) is 0.938. The Bertz CT molecular complexity index is 209. The van der Waals surface area contributed by atoms with Crippen LogP contribution in [0.4, 0.5) is 4.79 Å². The molecule has 2 nitrogen and oxygen atoms in total.